The van der Waals surface area contributed by atoms with Gasteiger partial charge in [-0.25, -0.2) is 4.98 Å². The summed E-state index contributed by atoms with van der Waals surface area (Å²) in [7, 11) is 0. The zero-order valence-corrected chi connectivity index (χ0v) is 11.7. The molecule has 0 amide bonds. The standard InChI is InChI=1S/C13H18ClN5/c1-8-2-4-9(5-3-8)6-16-13-17-10-7-15-12(14)18-11(10)19-13/h7-9H,2-6H2,1H3,(H2,15,16,17,18,19). The third-order valence-electron chi connectivity index (χ3n) is 3.90. The molecule has 2 heterocycles. The van der Waals surface area contributed by atoms with Crippen molar-refractivity contribution in [1.29, 1.82) is 0 Å². The Morgan fingerprint density at radius 1 is 1.32 bits per heavy atom. The lowest BCUT2D eigenvalue weighted by molar-refractivity contribution is 0.300. The number of hydrogen-bond donors (Lipinski definition) is 2. The largest absolute Gasteiger partial charge is 0.355 e. The Hall–Kier alpha value is -1.36. The number of nitrogens with zero attached hydrogens (tertiary/aromatic N) is 3. The van der Waals surface area contributed by atoms with Crippen molar-refractivity contribution in [2.24, 2.45) is 11.8 Å². The fourth-order valence-electron chi connectivity index (χ4n) is 2.64. The summed E-state index contributed by atoms with van der Waals surface area (Å²) in [6.07, 6.45) is 6.95. The lowest BCUT2D eigenvalue weighted by atomic mass is 9.83. The van der Waals surface area contributed by atoms with Gasteiger partial charge in [-0.1, -0.05) is 19.8 Å². The zero-order valence-electron chi connectivity index (χ0n) is 11.0. The molecule has 0 radical (unpaired) electrons. The molecule has 102 valence electrons. The van der Waals surface area contributed by atoms with Gasteiger partial charge in [0.1, 0.15) is 5.52 Å². The number of imidazole rings is 1. The van der Waals surface area contributed by atoms with Gasteiger partial charge >= 0.3 is 0 Å². The van der Waals surface area contributed by atoms with E-state index in [-0.39, 0.29) is 5.28 Å². The monoisotopic (exact) mass is 279 g/mol. The van der Waals surface area contributed by atoms with E-state index in [2.05, 4.69) is 32.2 Å². The molecule has 0 atom stereocenters. The molecule has 1 fully saturated rings. The van der Waals surface area contributed by atoms with Gasteiger partial charge < -0.3 is 10.3 Å². The smallest absolute Gasteiger partial charge is 0.224 e. The quantitative estimate of drug-likeness (QED) is 0.847. The molecule has 0 aliphatic heterocycles. The van der Waals surface area contributed by atoms with Crippen molar-refractivity contribution in [2.45, 2.75) is 32.6 Å². The molecule has 5 nitrogen and oxygen atoms in total. The highest BCUT2D eigenvalue weighted by molar-refractivity contribution is 6.28. The maximum absolute atomic E-state index is 5.74. The SMILES string of the molecule is CC1CCC(CNc2nc3nc(Cl)ncc3[nH]2)CC1. The van der Waals surface area contributed by atoms with Crippen LogP contribution in [0, 0.1) is 11.8 Å². The second-order valence-corrected chi connectivity index (χ2v) is 5.81. The first kappa shape index (κ1) is 12.7. The van der Waals surface area contributed by atoms with E-state index < -0.39 is 0 Å². The molecule has 1 aliphatic carbocycles. The van der Waals surface area contributed by atoms with E-state index in [1.807, 2.05) is 0 Å². The average molecular weight is 280 g/mol. The fourth-order valence-corrected chi connectivity index (χ4v) is 2.77. The molecule has 1 aliphatic rings. The van der Waals surface area contributed by atoms with Gasteiger partial charge in [0.05, 0.1) is 6.20 Å². The summed E-state index contributed by atoms with van der Waals surface area (Å²) in [6, 6.07) is 0. The molecule has 2 aromatic rings. The van der Waals surface area contributed by atoms with Crippen LogP contribution in [0.5, 0.6) is 0 Å². The first-order valence-corrected chi connectivity index (χ1v) is 7.20. The van der Waals surface area contributed by atoms with Crippen LogP contribution in [0.3, 0.4) is 0 Å². The minimum Gasteiger partial charge on any atom is -0.355 e. The number of hydrogen-bond acceptors (Lipinski definition) is 4. The highest BCUT2D eigenvalue weighted by Crippen LogP contribution is 2.28. The van der Waals surface area contributed by atoms with Gasteiger partial charge in [-0.2, -0.15) is 9.97 Å². The van der Waals surface area contributed by atoms with Crippen molar-refractivity contribution in [2.75, 3.05) is 11.9 Å². The lowest BCUT2D eigenvalue weighted by Crippen LogP contribution is -2.20. The second kappa shape index (κ2) is 5.33. The molecule has 6 heteroatoms. The van der Waals surface area contributed by atoms with Crippen molar-refractivity contribution in [3.8, 4) is 0 Å². The molecule has 2 N–H and O–H groups in total. The number of aromatic amines is 1. The molecule has 2 aromatic heterocycles. The number of nitrogens with one attached hydrogen (secondary N) is 2. The molecule has 0 spiro atoms. The fraction of sp³-hybridized carbons (Fsp3) is 0.615. The van der Waals surface area contributed by atoms with Crippen LogP contribution in [0.15, 0.2) is 6.20 Å². The molecule has 1 saturated carbocycles. The average Bonchev–Trinajstić information content (AvgIpc) is 2.80. The second-order valence-electron chi connectivity index (χ2n) is 5.47. The van der Waals surface area contributed by atoms with E-state index in [0.29, 0.717) is 5.65 Å². The van der Waals surface area contributed by atoms with Crippen molar-refractivity contribution in [3.05, 3.63) is 11.5 Å². The molecule has 19 heavy (non-hydrogen) atoms. The van der Waals surface area contributed by atoms with Crippen LogP contribution >= 0.6 is 11.6 Å². The number of halogens is 1. The maximum atomic E-state index is 5.74. The summed E-state index contributed by atoms with van der Waals surface area (Å²) >= 11 is 5.74. The predicted molar refractivity (Wildman–Crippen MR) is 76.3 cm³/mol. The molecule has 0 unspecified atom stereocenters. The maximum Gasteiger partial charge on any atom is 0.224 e. The minimum atomic E-state index is 0.229. The third-order valence-corrected chi connectivity index (χ3v) is 4.09. The summed E-state index contributed by atoms with van der Waals surface area (Å²) in [4.78, 5) is 15.5. The van der Waals surface area contributed by atoms with Gasteiger partial charge in [-0.15, -0.1) is 0 Å². The van der Waals surface area contributed by atoms with Gasteiger partial charge in [0.25, 0.3) is 0 Å². The van der Waals surface area contributed by atoms with Gasteiger partial charge in [-0.05, 0) is 36.3 Å². The number of rotatable bonds is 3. The van der Waals surface area contributed by atoms with Crippen LogP contribution in [0.25, 0.3) is 11.2 Å². The Morgan fingerprint density at radius 2 is 2.11 bits per heavy atom. The van der Waals surface area contributed by atoms with Crippen LogP contribution in [0.4, 0.5) is 5.95 Å². The molecule has 0 aromatic carbocycles. The Morgan fingerprint density at radius 3 is 2.89 bits per heavy atom. The van der Waals surface area contributed by atoms with Gasteiger partial charge in [0, 0.05) is 6.54 Å². The van der Waals surface area contributed by atoms with Crippen molar-refractivity contribution in [3.63, 3.8) is 0 Å². The van der Waals surface area contributed by atoms with Crippen LogP contribution < -0.4 is 5.32 Å². The summed E-state index contributed by atoms with van der Waals surface area (Å²) in [5, 5.41) is 3.59. The summed E-state index contributed by atoms with van der Waals surface area (Å²) in [6.45, 7) is 3.30. The Bertz CT molecular complexity index is 559. The van der Waals surface area contributed by atoms with Crippen LogP contribution in [0.1, 0.15) is 32.6 Å². The predicted octanol–water partition coefficient (Wildman–Crippen LogP) is 3.24. The van der Waals surface area contributed by atoms with E-state index >= 15 is 0 Å². The van der Waals surface area contributed by atoms with Gasteiger partial charge in [0.15, 0.2) is 5.65 Å². The van der Waals surface area contributed by atoms with Crippen LogP contribution in [-0.4, -0.2) is 26.5 Å². The topological polar surface area (TPSA) is 66.5 Å². The van der Waals surface area contributed by atoms with Gasteiger partial charge in [-0.3, -0.25) is 0 Å². The van der Waals surface area contributed by atoms with E-state index in [1.54, 1.807) is 6.20 Å². The highest BCUT2D eigenvalue weighted by atomic mass is 35.5. The first-order chi connectivity index (χ1) is 9.20. The van der Waals surface area contributed by atoms with E-state index in [9.17, 15) is 0 Å². The molecular formula is C13H18ClN5. The molecule has 0 saturated heterocycles. The van der Waals surface area contributed by atoms with Crippen LogP contribution in [0.2, 0.25) is 5.28 Å². The van der Waals surface area contributed by atoms with E-state index in [1.165, 1.54) is 25.7 Å². The lowest BCUT2D eigenvalue weighted by Gasteiger charge is -2.26. The van der Waals surface area contributed by atoms with E-state index in [4.69, 9.17) is 11.6 Å². The number of aromatic nitrogens is 4. The molecular weight excluding hydrogens is 262 g/mol. The first-order valence-electron chi connectivity index (χ1n) is 6.83. The number of H-pyrrole nitrogens is 1. The minimum absolute atomic E-state index is 0.229. The zero-order chi connectivity index (χ0) is 13.2. The summed E-state index contributed by atoms with van der Waals surface area (Å²) in [5.41, 5.74) is 1.42. The van der Waals surface area contributed by atoms with Crippen molar-refractivity contribution < 1.29 is 0 Å². The van der Waals surface area contributed by atoms with E-state index in [0.717, 1.165) is 29.8 Å². The normalized spacial score (nSPS) is 23.7. The number of fused-ring (bicyclic) bond motifs is 1. The third kappa shape index (κ3) is 2.97. The van der Waals surface area contributed by atoms with Crippen molar-refractivity contribution >= 4 is 28.7 Å². The van der Waals surface area contributed by atoms with Crippen molar-refractivity contribution in [1.82, 2.24) is 19.9 Å². The van der Waals surface area contributed by atoms with Crippen LogP contribution in [-0.2, 0) is 0 Å². The molecule has 3 rings (SSSR count). The highest BCUT2D eigenvalue weighted by Gasteiger charge is 2.18. The Kier molecular flexibility index (Phi) is 3.55. The van der Waals surface area contributed by atoms with Gasteiger partial charge in [0.2, 0.25) is 11.2 Å². The number of anilines is 1. The summed E-state index contributed by atoms with van der Waals surface area (Å²) < 4.78 is 0. The molecule has 0 bridgehead atoms. The Balaban J connectivity index is 1.62. The Labute approximate surface area is 117 Å². The summed E-state index contributed by atoms with van der Waals surface area (Å²) in [5.74, 6) is 2.39.